The van der Waals surface area contributed by atoms with Gasteiger partial charge >= 0.3 is 0 Å². The van der Waals surface area contributed by atoms with Crippen LogP contribution in [0.15, 0.2) is 4.79 Å². The highest BCUT2D eigenvalue weighted by Crippen LogP contribution is 2.17. The molecule has 0 bridgehead atoms. The summed E-state index contributed by atoms with van der Waals surface area (Å²) in [6.45, 7) is 6.25. The number of hydrogen-bond acceptors (Lipinski definition) is 5. The Kier molecular flexibility index (Phi) is 3.29. The minimum absolute atomic E-state index is 0.130. The summed E-state index contributed by atoms with van der Waals surface area (Å²) in [5, 5.41) is 0. The van der Waals surface area contributed by atoms with Crippen LogP contribution in [-0.2, 0) is 26.6 Å². The molecule has 0 amide bonds. The number of hydrogen-bond donors (Lipinski definition) is 2. The van der Waals surface area contributed by atoms with E-state index in [9.17, 15) is 4.79 Å². The molecule has 0 radical (unpaired) electrons. The van der Waals surface area contributed by atoms with E-state index in [2.05, 4.69) is 31.3 Å². The van der Waals surface area contributed by atoms with Crippen molar-refractivity contribution in [1.82, 2.24) is 24.4 Å². The number of aromatic nitrogens is 4. The van der Waals surface area contributed by atoms with Gasteiger partial charge in [-0.3, -0.25) is 14.7 Å². The number of nitrogen functional groups attached to an aromatic ring is 1. The quantitative estimate of drug-likeness (QED) is 0.827. The highest BCUT2D eigenvalue weighted by molar-refractivity contribution is 5.27. The van der Waals surface area contributed by atoms with Gasteiger partial charge in [0.1, 0.15) is 5.82 Å². The first-order chi connectivity index (χ1) is 9.95. The molecular formula is C14H20N6O. The van der Waals surface area contributed by atoms with Crippen LogP contribution < -0.4 is 11.3 Å². The Morgan fingerprint density at radius 3 is 2.76 bits per heavy atom. The van der Waals surface area contributed by atoms with Gasteiger partial charge in [-0.25, -0.2) is 9.97 Å². The first-order valence-electron chi connectivity index (χ1n) is 7.04. The Balaban J connectivity index is 1.83. The summed E-state index contributed by atoms with van der Waals surface area (Å²) in [5.41, 5.74) is 9.22. The zero-order chi connectivity index (χ0) is 15.1. The maximum atomic E-state index is 12.0. The lowest BCUT2D eigenvalue weighted by molar-refractivity contribution is 0.233. The summed E-state index contributed by atoms with van der Waals surface area (Å²) in [5.74, 6) is 1.22. The summed E-state index contributed by atoms with van der Waals surface area (Å²) < 4.78 is 2.11. The summed E-state index contributed by atoms with van der Waals surface area (Å²) >= 11 is 0. The fraction of sp³-hybridized carbons (Fsp3) is 0.500. The SMILES string of the molecule is Cc1nc(CN2CCc3nc(N)[nH]c(=O)c3C2)n(C)c1C. The van der Waals surface area contributed by atoms with Crippen LogP contribution in [0.2, 0.25) is 0 Å². The Morgan fingerprint density at radius 1 is 1.33 bits per heavy atom. The summed E-state index contributed by atoms with van der Waals surface area (Å²) in [6.07, 6.45) is 0.742. The number of nitrogens with zero attached hydrogens (tertiary/aromatic N) is 4. The van der Waals surface area contributed by atoms with Gasteiger partial charge in [0.05, 0.1) is 23.5 Å². The lowest BCUT2D eigenvalue weighted by Crippen LogP contribution is -2.36. The molecule has 0 aromatic carbocycles. The van der Waals surface area contributed by atoms with Crippen molar-refractivity contribution >= 4 is 5.95 Å². The molecule has 1 aliphatic heterocycles. The Bertz CT molecular complexity index is 745. The fourth-order valence-corrected chi connectivity index (χ4v) is 2.76. The Morgan fingerprint density at radius 2 is 2.10 bits per heavy atom. The molecule has 0 saturated carbocycles. The van der Waals surface area contributed by atoms with Crippen molar-refractivity contribution in [3.05, 3.63) is 38.8 Å². The van der Waals surface area contributed by atoms with E-state index in [0.29, 0.717) is 6.54 Å². The van der Waals surface area contributed by atoms with Crippen LogP contribution in [0.5, 0.6) is 0 Å². The number of nitrogens with two attached hydrogens (primary N) is 1. The zero-order valence-corrected chi connectivity index (χ0v) is 12.6. The van der Waals surface area contributed by atoms with E-state index >= 15 is 0 Å². The molecule has 0 fully saturated rings. The van der Waals surface area contributed by atoms with E-state index in [0.717, 1.165) is 42.3 Å². The van der Waals surface area contributed by atoms with E-state index in [1.165, 1.54) is 5.69 Å². The zero-order valence-electron chi connectivity index (χ0n) is 12.6. The van der Waals surface area contributed by atoms with Gasteiger partial charge in [0.2, 0.25) is 5.95 Å². The third-order valence-electron chi connectivity index (χ3n) is 4.24. The van der Waals surface area contributed by atoms with E-state index in [-0.39, 0.29) is 11.5 Å². The highest BCUT2D eigenvalue weighted by atomic mass is 16.1. The molecule has 3 heterocycles. The van der Waals surface area contributed by atoms with Crippen LogP contribution in [0, 0.1) is 13.8 Å². The molecule has 7 nitrogen and oxygen atoms in total. The second kappa shape index (κ2) is 5.00. The standard InChI is InChI=1S/C14H20N6O/c1-8-9(2)19(3)12(16-8)7-20-5-4-11-10(6-20)13(21)18-14(15)17-11/h4-7H2,1-3H3,(H3,15,17,18,21). The van der Waals surface area contributed by atoms with Gasteiger partial charge < -0.3 is 10.3 Å². The number of aromatic amines is 1. The predicted octanol–water partition coefficient (Wildman–Crippen LogP) is 0.261. The van der Waals surface area contributed by atoms with Crippen molar-refractivity contribution in [2.75, 3.05) is 12.3 Å². The average Bonchev–Trinajstić information content (AvgIpc) is 2.67. The maximum absolute atomic E-state index is 12.0. The largest absolute Gasteiger partial charge is 0.369 e. The molecule has 1 aliphatic rings. The molecule has 0 aliphatic carbocycles. The van der Waals surface area contributed by atoms with Gasteiger partial charge in [-0.2, -0.15) is 0 Å². The molecule has 7 heteroatoms. The van der Waals surface area contributed by atoms with Gasteiger partial charge in [0.15, 0.2) is 0 Å². The molecule has 2 aromatic rings. The average molecular weight is 288 g/mol. The van der Waals surface area contributed by atoms with Gasteiger partial charge in [-0.15, -0.1) is 0 Å². The predicted molar refractivity (Wildman–Crippen MR) is 79.8 cm³/mol. The minimum Gasteiger partial charge on any atom is -0.369 e. The molecule has 21 heavy (non-hydrogen) atoms. The number of fused-ring (bicyclic) bond motifs is 1. The second-order valence-corrected chi connectivity index (χ2v) is 5.59. The third-order valence-corrected chi connectivity index (χ3v) is 4.24. The number of rotatable bonds is 2. The Labute approximate surface area is 122 Å². The summed E-state index contributed by atoms with van der Waals surface area (Å²) in [7, 11) is 2.03. The minimum atomic E-state index is -0.130. The van der Waals surface area contributed by atoms with Crippen LogP contribution in [0.25, 0.3) is 0 Å². The molecular weight excluding hydrogens is 268 g/mol. The topological polar surface area (TPSA) is 92.8 Å². The molecule has 0 atom stereocenters. The third kappa shape index (κ3) is 2.44. The lowest BCUT2D eigenvalue weighted by Gasteiger charge is -2.27. The lowest BCUT2D eigenvalue weighted by atomic mass is 10.1. The number of H-pyrrole nitrogens is 1. The van der Waals surface area contributed by atoms with Crippen LogP contribution in [0.1, 0.15) is 28.5 Å². The van der Waals surface area contributed by atoms with Crippen LogP contribution in [-0.4, -0.2) is 31.0 Å². The van der Waals surface area contributed by atoms with Crippen molar-refractivity contribution in [3.63, 3.8) is 0 Å². The van der Waals surface area contributed by atoms with Crippen molar-refractivity contribution in [2.24, 2.45) is 7.05 Å². The van der Waals surface area contributed by atoms with Gasteiger partial charge in [0, 0.05) is 32.3 Å². The van der Waals surface area contributed by atoms with Gasteiger partial charge in [0.25, 0.3) is 5.56 Å². The highest BCUT2D eigenvalue weighted by Gasteiger charge is 2.22. The normalized spacial score (nSPS) is 15.2. The fourth-order valence-electron chi connectivity index (χ4n) is 2.76. The molecule has 0 saturated heterocycles. The van der Waals surface area contributed by atoms with Crippen LogP contribution in [0.4, 0.5) is 5.95 Å². The number of nitrogens with one attached hydrogen (secondary N) is 1. The maximum Gasteiger partial charge on any atom is 0.257 e. The van der Waals surface area contributed by atoms with Crippen molar-refractivity contribution in [2.45, 2.75) is 33.4 Å². The van der Waals surface area contributed by atoms with E-state index in [1.54, 1.807) is 0 Å². The molecule has 3 N–H and O–H groups in total. The first-order valence-corrected chi connectivity index (χ1v) is 7.04. The number of aryl methyl sites for hydroxylation is 1. The van der Waals surface area contributed by atoms with Crippen molar-refractivity contribution in [1.29, 1.82) is 0 Å². The van der Waals surface area contributed by atoms with Gasteiger partial charge in [-0.05, 0) is 13.8 Å². The smallest absolute Gasteiger partial charge is 0.257 e. The van der Waals surface area contributed by atoms with Crippen LogP contribution in [0.3, 0.4) is 0 Å². The van der Waals surface area contributed by atoms with E-state index < -0.39 is 0 Å². The second-order valence-electron chi connectivity index (χ2n) is 5.59. The molecule has 2 aromatic heterocycles. The van der Waals surface area contributed by atoms with E-state index in [1.807, 2.05) is 14.0 Å². The molecule has 112 valence electrons. The molecule has 0 unspecified atom stereocenters. The Hall–Kier alpha value is -2.15. The van der Waals surface area contributed by atoms with Crippen molar-refractivity contribution < 1.29 is 0 Å². The van der Waals surface area contributed by atoms with Crippen molar-refractivity contribution in [3.8, 4) is 0 Å². The van der Waals surface area contributed by atoms with Gasteiger partial charge in [-0.1, -0.05) is 0 Å². The van der Waals surface area contributed by atoms with Crippen LogP contribution >= 0.6 is 0 Å². The first kappa shape index (κ1) is 13.8. The van der Waals surface area contributed by atoms with E-state index in [4.69, 9.17) is 5.73 Å². The number of imidazole rings is 1. The number of anilines is 1. The summed E-state index contributed by atoms with van der Waals surface area (Å²) in [6, 6.07) is 0. The molecule has 3 rings (SSSR count). The molecule has 0 spiro atoms. The monoisotopic (exact) mass is 288 g/mol. The summed E-state index contributed by atoms with van der Waals surface area (Å²) in [4.78, 5) is 25.6.